The second kappa shape index (κ2) is 6.55. The minimum atomic E-state index is -0.460. The molecule has 0 amide bonds. The van der Waals surface area contributed by atoms with Crippen molar-refractivity contribution in [2.75, 3.05) is 19.8 Å². The Labute approximate surface area is 148 Å². The largest absolute Gasteiger partial charge is 0.486 e. The summed E-state index contributed by atoms with van der Waals surface area (Å²) in [5, 5.41) is 0.754. The van der Waals surface area contributed by atoms with Crippen LogP contribution < -0.4 is 19.8 Å². The quantitative estimate of drug-likeness (QED) is 0.671. The molecule has 1 aliphatic rings. The number of hydrogen-bond acceptors (Lipinski definition) is 6. The van der Waals surface area contributed by atoms with Crippen LogP contribution in [0.4, 0.5) is 0 Å². The summed E-state index contributed by atoms with van der Waals surface area (Å²) in [6.07, 6.45) is 0. The fourth-order valence-corrected chi connectivity index (χ4v) is 2.78. The van der Waals surface area contributed by atoms with E-state index in [4.69, 9.17) is 18.6 Å². The molecular formula is C20H16O6. The van der Waals surface area contributed by atoms with Gasteiger partial charge in [-0.25, -0.2) is 4.79 Å². The standard InChI is InChI=1S/C20H16O6/c1-12(21)11-25-15-4-2-14-8-16(20(22)26-18(14)10-15)13-3-5-17-19(9-13)24-7-6-23-17/h2-5,8-10H,6-7,11H2,1H3. The van der Waals surface area contributed by atoms with Crippen molar-refractivity contribution < 1.29 is 23.4 Å². The lowest BCUT2D eigenvalue weighted by molar-refractivity contribution is -0.118. The Balaban J connectivity index is 1.72. The van der Waals surface area contributed by atoms with Crippen LogP contribution in [0.5, 0.6) is 17.2 Å². The first-order valence-electron chi connectivity index (χ1n) is 8.20. The fourth-order valence-electron chi connectivity index (χ4n) is 2.78. The average molecular weight is 352 g/mol. The van der Waals surface area contributed by atoms with Gasteiger partial charge in [0.25, 0.3) is 0 Å². The maximum Gasteiger partial charge on any atom is 0.344 e. The van der Waals surface area contributed by atoms with Crippen molar-refractivity contribution >= 4 is 16.8 Å². The molecule has 132 valence electrons. The van der Waals surface area contributed by atoms with Crippen molar-refractivity contribution in [3.63, 3.8) is 0 Å². The van der Waals surface area contributed by atoms with E-state index in [2.05, 4.69) is 0 Å². The van der Waals surface area contributed by atoms with E-state index in [9.17, 15) is 9.59 Å². The smallest absolute Gasteiger partial charge is 0.344 e. The van der Waals surface area contributed by atoms with Crippen molar-refractivity contribution in [2.45, 2.75) is 6.92 Å². The van der Waals surface area contributed by atoms with Gasteiger partial charge in [0.2, 0.25) is 0 Å². The Bertz CT molecular complexity index is 1050. The molecule has 1 aliphatic heterocycles. The van der Waals surface area contributed by atoms with Crippen molar-refractivity contribution in [3.05, 3.63) is 52.9 Å². The summed E-state index contributed by atoms with van der Waals surface area (Å²) in [6, 6.07) is 12.3. The van der Waals surface area contributed by atoms with Gasteiger partial charge in [0.05, 0.1) is 5.56 Å². The van der Waals surface area contributed by atoms with Crippen molar-refractivity contribution in [1.82, 2.24) is 0 Å². The molecule has 6 heteroatoms. The van der Waals surface area contributed by atoms with Crippen LogP contribution in [-0.2, 0) is 4.79 Å². The summed E-state index contributed by atoms with van der Waals surface area (Å²) in [6.45, 7) is 2.41. The second-order valence-electron chi connectivity index (χ2n) is 6.00. The third-order valence-electron chi connectivity index (χ3n) is 4.00. The second-order valence-corrected chi connectivity index (χ2v) is 6.00. The van der Waals surface area contributed by atoms with Crippen LogP contribution in [0, 0.1) is 0 Å². The van der Waals surface area contributed by atoms with Gasteiger partial charge < -0.3 is 18.6 Å². The fraction of sp³-hybridized carbons (Fsp3) is 0.200. The number of hydrogen-bond donors (Lipinski definition) is 0. The lowest BCUT2D eigenvalue weighted by atomic mass is 10.1. The molecule has 2 heterocycles. The molecule has 3 aromatic rings. The Morgan fingerprint density at radius 2 is 1.85 bits per heavy atom. The summed E-state index contributed by atoms with van der Waals surface area (Å²) in [4.78, 5) is 23.5. The van der Waals surface area contributed by atoms with Gasteiger partial charge in [-0.05, 0) is 42.8 Å². The monoisotopic (exact) mass is 352 g/mol. The first-order chi connectivity index (χ1) is 12.6. The van der Waals surface area contributed by atoms with Crippen molar-refractivity contribution in [1.29, 1.82) is 0 Å². The number of ether oxygens (including phenoxy) is 3. The zero-order chi connectivity index (χ0) is 18.1. The highest BCUT2D eigenvalue weighted by atomic mass is 16.6. The van der Waals surface area contributed by atoms with E-state index in [0.717, 1.165) is 5.39 Å². The molecule has 0 aliphatic carbocycles. The van der Waals surface area contributed by atoms with Gasteiger partial charge >= 0.3 is 5.63 Å². The third kappa shape index (κ3) is 3.13. The molecule has 0 unspecified atom stereocenters. The van der Waals surface area contributed by atoms with Crippen molar-refractivity contribution in [3.8, 4) is 28.4 Å². The molecule has 2 aromatic carbocycles. The summed E-state index contributed by atoms with van der Waals surface area (Å²) in [5.74, 6) is 1.67. The number of Topliss-reactive ketones (excluding diaryl/α,β-unsaturated/α-hetero) is 1. The molecule has 0 spiro atoms. The zero-order valence-corrected chi connectivity index (χ0v) is 14.1. The zero-order valence-electron chi connectivity index (χ0n) is 14.1. The molecule has 26 heavy (non-hydrogen) atoms. The summed E-state index contributed by atoms with van der Waals surface area (Å²) >= 11 is 0. The number of ketones is 1. The van der Waals surface area contributed by atoms with Gasteiger partial charge in [-0.2, -0.15) is 0 Å². The van der Waals surface area contributed by atoms with Crippen LogP contribution in [0.25, 0.3) is 22.1 Å². The van der Waals surface area contributed by atoms with E-state index in [0.29, 0.717) is 47.2 Å². The van der Waals surface area contributed by atoms with Crippen LogP contribution in [0.2, 0.25) is 0 Å². The molecular weight excluding hydrogens is 336 g/mol. The van der Waals surface area contributed by atoms with E-state index in [1.165, 1.54) is 6.92 Å². The minimum absolute atomic E-state index is 0.0228. The highest BCUT2D eigenvalue weighted by molar-refractivity contribution is 5.83. The van der Waals surface area contributed by atoms with E-state index in [1.54, 1.807) is 42.5 Å². The Morgan fingerprint density at radius 3 is 2.65 bits per heavy atom. The molecule has 0 fully saturated rings. The molecule has 0 saturated carbocycles. The Morgan fingerprint density at radius 1 is 1.04 bits per heavy atom. The molecule has 4 rings (SSSR count). The van der Waals surface area contributed by atoms with E-state index < -0.39 is 5.63 Å². The summed E-state index contributed by atoms with van der Waals surface area (Å²) in [5.41, 5.74) is 1.07. The molecule has 1 aromatic heterocycles. The van der Waals surface area contributed by atoms with E-state index in [-0.39, 0.29) is 12.4 Å². The first kappa shape index (κ1) is 16.2. The SMILES string of the molecule is CC(=O)COc1ccc2cc(-c3ccc4c(c3)OCCO4)c(=O)oc2c1. The highest BCUT2D eigenvalue weighted by Gasteiger charge is 2.15. The van der Waals surface area contributed by atoms with E-state index in [1.807, 2.05) is 0 Å². The minimum Gasteiger partial charge on any atom is -0.486 e. The lowest BCUT2D eigenvalue weighted by Crippen LogP contribution is -2.15. The summed E-state index contributed by atoms with van der Waals surface area (Å²) in [7, 11) is 0. The normalized spacial score (nSPS) is 12.8. The first-order valence-corrected chi connectivity index (χ1v) is 8.20. The molecule has 6 nitrogen and oxygen atoms in total. The topological polar surface area (TPSA) is 75.0 Å². The van der Waals surface area contributed by atoms with Gasteiger partial charge in [-0.3, -0.25) is 4.79 Å². The maximum absolute atomic E-state index is 12.4. The van der Waals surface area contributed by atoms with Gasteiger partial charge in [0.1, 0.15) is 31.2 Å². The molecule has 0 saturated heterocycles. The lowest BCUT2D eigenvalue weighted by Gasteiger charge is -2.18. The predicted octanol–water partition coefficient (Wildman–Crippen LogP) is 3.20. The predicted molar refractivity (Wildman–Crippen MR) is 95.1 cm³/mol. The number of carbonyl (C=O) groups excluding carboxylic acids is 1. The molecule has 0 radical (unpaired) electrons. The van der Waals surface area contributed by atoms with Crippen LogP contribution in [0.15, 0.2) is 51.7 Å². The van der Waals surface area contributed by atoms with Crippen LogP contribution >= 0.6 is 0 Å². The van der Waals surface area contributed by atoms with Crippen LogP contribution in [0.1, 0.15) is 6.92 Å². The molecule has 0 atom stereocenters. The maximum atomic E-state index is 12.4. The summed E-state index contributed by atoms with van der Waals surface area (Å²) < 4.78 is 21.9. The Kier molecular flexibility index (Phi) is 4.08. The number of fused-ring (bicyclic) bond motifs is 2. The van der Waals surface area contributed by atoms with Crippen molar-refractivity contribution in [2.24, 2.45) is 0 Å². The van der Waals surface area contributed by atoms with Gasteiger partial charge in [0.15, 0.2) is 17.3 Å². The number of benzene rings is 2. The number of rotatable bonds is 4. The average Bonchev–Trinajstić information content (AvgIpc) is 2.65. The molecule has 0 bridgehead atoms. The van der Waals surface area contributed by atoms with Gasteiger partial charge in [-0.15, -0.1) is 0 Å². The van der Waals surface area contributed by atoms with Gasteiger partial charge in [0, 0.05) is 11.5 Å². The van der Waals surface area contributed by atoms with Crippen LogP contribution in [-0.4, -0.2) is 25.6 Å². The highest BCUT2D eigenvalue weighted by Crippen LogP contribution is 2.34. The van der Waals surface area contributed by atoms with E-state index >= 15 is 0 Å². The Hall–Kier alpha value is -3.28. The van der Waals surface area contributed by atoms with Gasteiger partial charge in [-0.1, -0.05) is 6.07 Å². The molecule has 0 N–H and O–H groups in total. The van der Waals surface area contributed by atoms with Crippen LogP contribution in [0.3, 0.4) is 0 Å². The number of carbonyl (C=O) groups is 1. The third-order valence-corrected chi connectivity index (χ3v) is 4.00.